The van der Waals surface area contributed by atoms with Gasteiger partial charge < -0.3 is 20.0 Å². The van der Waals surface area contributed by atoms with E-state index in [-0.39, 0.29) is 30.3 Å². The molecule has 1 aliphatic rings. The van der Waals surface area contributed by atoms with Gasteiger partial charge in [-0.15, -0.1) is 0 Å². The molecule has 0 aliphatic carbocycles. The Labute approximate surface area is 237 Å². The number of hydrogen-bond acceptors (Lipinski definition) is 4. The summed E-state index contributed by atoms with van der Waals surface area (Å²) in [5.41, 5.74) is 2.65. The van der Waals surface area contributed by atoms with Crippen molar-refractivity contribution in [2.24, 2.45) is 0 Å². The maximum Gasteiger partial charge on any atom is 0.303 e. The third kappa shape index (κ3) is 6.27. The van der Waals surface area contributed by atoms with Gasteiger partial charge in [-0.05, 0) is 79.8 Å². The monoisotopic (exact) mass is 568 g/mol. The zero-order valence-corrected chi connectivity index (χ0v) is 23.2. The van der Waals surface area contributed by atoms with E-state index in [0.29, 0.717) is 39.7 Å². The van der Waals surface area contributed by atoms with Crippen LogP contribution in [0.1, 0.15) is 78.3 Å². The summed E-state index contributed by atoms with van der Waals surface area (Å²) in [5.74, 6) is -1.59. The minimum Gasteiger partial charge on any atom is -0.481 e. The standard InChI is InChI=1S/C30H30Cl2N2O5/c1-18(20-6-11-23(31)12-7-20)34-28(21-8-13-24(32)14-9-21)30(39)33(16-4-3-5-27(36)37)26-15-10-22(19(2)35)17-25(26)29(34)38/h6-15,17-19,28,35H,3-5,16H2,1-2H3,(H,36,37). The van der Waals surface area contributed by atoms with Gasteiger partial charge in [-0.1, -0.05) is 53.5 Å². The highest BCUT2D eigenvalue weighted by Gasteiger charge is 2.43. The Morgan fingerprint density at radius 2 is 1.49 bits per heavy atom. The molecule has 3 aromatic rings. The van der Waals surface area contributed by atoms with E-state index < -0.39 is 24.2 Å². The van der Waals surface area contributed by atoms with E-state index in [9.17, 15) is 19.5 Å². The number of carbonyl (C=O) groups excluding carboxylic acids is 2. The lowest BCUT2D eigenvalue weighted by Crippen LogP contribution is -2.44. The number of carboxylic acids is 1. The number of anilines is 1. The Balaban J connectivity index is 1.89. The molecular formula is C30H30Cl2N2O5. The van der Waals surface area contributed by atoms with Crippen LogP contribution in [0.3, 0.4) is 0 Å². The van der Waals surface area contributed by atoms with Gasteiger partial charge in [0, 0.05) is 23.0 Å². The second-order valence-corrected chi connectivity index (χ2v) is 10.6. The van der Waals surface area contributed by atoms with Gasteiger partial charge in [0.1, 0.15) is 6.04 Å². The number of aliphatic hydroxyl groups excluding tert-OH is 1. The SMILES string of the molecule is CC(O)c1ccc2c(c1)C(=O)N(C(C)c1ccc(Cl)cc1)C(c1ccc(Cl)cc1)C(=O)N2CCCCC(=O)O. The van der Waals surface area contributed by atoms with Crippen LogP contribution in [-0.2, 0) is 9.59 Å². The van der Waals surface area contributed by atoms with Crippen molar-refractivity contribution >= 4 is 46.7 Å². The molecule has 3 unspecified atom stereocenters. The Hall–Kier alpha value is -3.39. The Morgan fingerprint density at radius 1 is 0.897 bits per heavy atom. The van der Waals surface area contributed by atoms with Gasteiger partial charge in [-0.25, -0.2) is 0 Å². The highest BCUT2D eigenvalue weighted by Crippen LogP contribution is 2.41. The Kier molecular flexibility index (Phi) is 8.95. The summed E-state index contributed by atoms with van der Waals surface area (Å²) in [6.07, 6.45) is -0.0239. The van der Waals surface area contributed by atoms with Crippen molar-refractivity contribution in [1.82, 2.24) is 4.90 Å². The summed E-state index contributed by atoms with van der Waals surface area (Å²) >= 11 is 12.3. The van der Waals surface area contributed by atoms with E-state index in [4.69, 9.17) is 28.3 Å². The molecule has 7 nitrogen and oxygen atoms in total. The number of hydrogen-bond donors (Lipinski definition) is 2. The largest absolute Gasteiger partial charge is 0.481 e. The summed E-state index contributed by atoms with van der Waals surface area (Å²) in [6, 6.07) is 17.5. The lowest BCUT2D eigenvalue weighted by molar-refractivity contribution is -0.137. The number of halogens is 2. The first-order valence-corrected chi connectivity index (χ1v) is 13.5. The molecule has 2 N–H and O–H groups in total. The van der Waals surface area contributed by atoms with E-state index in [1.165, 1.54) is 0 Å². The van der Waals surface area contributed by atoms with E-state index >= 15 is 0 Å². The van der Waals surface area contributed by atoms with Crippen LogP contribution in [0.2, 0.25) is 10.0 Å². The molecule has 39 heavy (non-hydrogen) atoms. The number of amides is 2. The highest BCUT2D eigenvalue weighted by molar-refractivity contribution is 6.30. The third-order valence-electron chi connectivity index (χ3n) is 7.01. The fourth-order valence-electron chi connectivity index (χ4n) is 4.89. The van der Waals surface area contributed by atoms with Crippen molar-refractivity contribution in [2.75, 3.05) is 11.4 Å². The van der Waals surface area contributed by atoms with E-state index in [2.05, 4.69) is 0 Å². The number of unbranched alkanes of at least 4 members (excludes halogenated alkanes) is 1. The molecule has 0 aromatic heterocycles. The van der Waals surface area contributed by atoms with Crippen LogP contribution in [0, 0.1) is 0 Å². The summed E-state index contributed by atoms with van der Waals surface area (Å²) in [4.78, 5) is 43.0. The van der Waals surface area contributed by atoms with Crippen LogP contribution in [0.4, 0.5) is 5.69 Å². The van der Waals surface area contributed by atoms with Gasteiger partial charge in [-0.2, -0.15) is 0 Å². The van der Waals surface area contributed by atoms with Gasteiger partial charge in [0.15, 0.2) is 0 Å². The molecule has 2 amide bonds. The predicted octanol–water partition coefficient (Wildman–Crippen LogP) is 6.59. The van der Waals surface area contributed by atoms with Crippen molar-refractivity contribution in [3.8, 4) is 0 Å². The first-order valence-electron chi connectivity index (χ1n) is 12.8. The van der Waals surface area contributed by atoms with Gasteiger partial charge in [0.05, 0.1) is 23.4 Å². The number of aliphatic hydroxyl groups is 1. The molecule has 3 aromatic carbocycles. The second-order valence-electron chi connectivity index (χ2n) is 9.69. The average molecular weight is 569 g/mol. The van der Waals surface area contributed by atoms with Gasteiger partial charge >= 0.3 is 5.97 Å². The fraction of sp³-hybridized carbons (Fsp3) is 0.300. The quantitative estimate of drug-likeness (QED) is 0.283. The first-order chi connectivity index (χ1) is 18.6. The van der Waals surface area contributed by atoms with Crippen molar-refractivity contribution in [2.45, 2.75) is 51.3 Å². The fourth-order valence-corrected chi connectivity index (χ4v) is 5.14. The molecule has 0 spiro atoms. The van der Waals surface area contributed by atoms with Crippen LogP contribution < -0.4 is 4.90 Å². The first kappa shape index (κ1) is 28.6. The van der Waals surface area contributed by atoms with Crippen LogP contribution in [0.5, 0.6) is 0 Å². The molecule has 4 rings (SSSR count). The van der Waals surface area contributed by atoms with Gasteiger partial charge in [-0.3, -0.25) is 14.4 Å². The highest BCUT2D eigenvalue weighted by atomic mass is 35.5. The smallest absolute Gasteiger partial charge is 0.303 e. The number of aliphatic carboxylic acids is 1. The molecule has 1 heterocycles. The summed E-state index contributed by atoms with van der Waals surface area (Å²) < 4.78 is 0. The molecule has 0 fully saturated rings. The Bertz CT molecular complexity index is 1360. The van der Waals surface area contributed by atoms with Crippen LogP contribution in [0.15, 0.2) is 66.7 Å². The predicted molar refractivity (Wildman–Crippen MR) is 151 cm³/mol. The van der Waals surface area contributed by atoms with E-state index in [1.807, 2.05) is 19.1 Å². The third-order valence-corrected chi connectivity index (χ3v) is 7.52. The molecule has 3 atom stereocenters. The maximum atomic E-state index is 14.4. The minimum atomic E-state index is -0.984. The number of nitrogens with zero attached hydrogens (tertiary/aromatic N) is 2. The molecule has 204 valence electrons. The van der Waals surface area contributed by atoms with Crippen molar-refractivity contribution in [3.05, 3.63) is 99.0 Å². The van der Waals surface area contributed by atoms with Crippen LogP contribution in [-0.4, -0.2) is 39.4 Å². The van der Waals surface area contributed by atoms with E-state index in [1.54, 1.807) is 71.3 Å². The number of carbonyl (C=O) groups is 3. The number of benzene rings is 3. The van der Waals surface area contributed by atoms with Crippen molar-refractivity contribution < 1.29 is 24.6 Å². The molecule has 1 aliphatic heterocycles. The van der Waals surface area contributed by atoms with Gasteiger partial charge in [0.25, 0.3) is 11.8 Å². The summed E-state index contributed by atoms with van der Waals surface area (Å²) in [5, 5.41) is 20.4. The second kappa shape index (κ2) is 12.2. The van der Waals surface area contributed by atoms with Gasteiger partial charge in [0.2, 0.25) is 0 Å². The number of carboxylic acid groups (broad SMARTS) is 1. The Morgan fingerprint density at radius 3 is 2.08 bits per heavy atom. The molecule has 0 saturated heterocycles. The lowest BCUT2D eigenvalue weighted by atomic mass is 9.98. The average Bonchev–Trinajstić information content (AvgIpc) is 2.99. The van der Waals surface area contributed by atoms with Crippen molar-refractivity contribution in [1.29, 1.82) is 0 Å². The maximum absolute atomic E-state index is 14.4. The molecule has 0 bridgehead atoms. The molecule has 9 heteroatoms. The summed E-state index contributed by atoms with van der Waals surface area (Å²) in [7, 11) is 0. The van der Waals surface area contributed by atoms with Crippen molar-refractivity contribution in [3.63, 3.8) is 0 Å². The topological polar surface area (TPSA) is 98.2 Å². The molecule has 0 radical (unpaired) electrons. The number of rotatable bonds is 9. The minimum absolute atomic E-state index is 0.0187. The van der Waals surface area contributed by atoms with E-state index in [0.717, 1.165) is 5.56 Å². The van der Waals surface area contributed by atoms with Crippen LogP contribution in [0.25, 0.3) is 0 Å². The summed E-state index contributed by atoms with van der Waals surface area (Å²) in [6.45, 7) is 3.70. The van der Waals surface area contributed by atoms with Crippen LogP contribution >= 0.6 is 23.2 Å². The number of fused-ring (bicyclic) bond motifs is 1. The molecule has 0 saturated carbocycles. The molecular weight excluding hydrogens is 539 g/mol. The normalized spacial score (nSPS) is 17.0. The lowest BCUT2D eigenvalue weighted by Gasteiger charge is -2.36. The zero-order valence-electron chi connectivity index (χ0n) is 21.7. The zero-order chi connectivity index (χ0) is 28.3.